The molecule has 270 valence electrons. The summed E-state index contributed by atoms with van der Waals surface area (Å²) in [4.78, 5) is 43.1. The lowest BCUT2D eigenvalue weighted by Gasteiger charge is -2.29. The van der Waals surface area contributed by atoms with E-state index in [2.05, 4.69) is 21.8 Å². The molecule has 0 saturated heterocycles. The first-order chi connectivity index (χ1) is 24.2. The van der Waals surface area contributed by atoms with Crippen molar-refractivity contribution in [2.75, 3.05) is 32.3 Å². The highest BCUT2D eigenvalue weighted by Crippen LogP contribution is 2.34. The number of ether oxygens (including phenoxy) is 3. The molecule has 0 aliphatic heterocycles. The number of nitrogen functional groups attached to an aromatic ring is 2. The number of hydrogen-bond acceptors (Lipinski definition) is 11. The molecule has 2 heterocycles. The average Bonchev–Trinajstić information content (AvgIpc) is 3.09. The molecule has 1 aliphatic rings. The van der Waals surface area contributed by atoms with Crippen LogP contribution < -0.4 is 32.1 Å². The number of methoxy groups -OCH3 is 2. The molecule has 0 radical (unpaired) electrons. The normalized spacial score (nSPS) is 15.5. The van der Waals surface area contributed by atoms with E-state index in [1.807, 2.05) is 22.8 Å². The first-order valence-electron chi connectivity index (χ1n) is 15.7. The smallest absolute Gasteiger partial charge is 0.490 e. The summed E-state index contributed by atoms with van der Waals surface area (Å²) >= 11 is 0. The van der Waals surface area contributed by atoms with Crippen LogP contribution in [0.15, 0.2) is 47.5 Å². The third kappa shape index (κ3) is 9.25. The van der Waals surface area contributed by atoms with Gasteiger partial charge in [-0.15, -0.1) is 0 Å². The molecule has 2 aromatic heterocycles. The van der Waals surface area contributed by atoms with Gasteiger partial charge >= 0.3 is 18.1 Å². The van der Waals surface area contributed by atoms with Gasteiger partial charge in [-0.1, -0.05) is 11.8 Å². The minimum absolute atomic E-state index is 0.0221. The molecule has 0 spiro atoms. The van der Waals surface area contributed by atoms with Crippen molar-refractivity contribution < 1.29 is 42.1 Å². The highest BCUT2D eigenvalue weighted by atomic mass is 19.4. The van der Waals surface area contributed by atoms with Crippen LogP contribution in [-0.2, 0) is 16.0 Å². The molecule has 1 fully saturated rings. The van der Waals surface area contributed by atoms with E-state index in [-0.39, 0.29) is 35.6 Å². The summed E-state index contributed by atoms with van der Waals surface area (Å²) in [6, 6.07) is 9.35. The molecule has 51 heavy (non-hydrogen) atoms. The zero-order valence-electron chi connectivity index (χ0n) is 28.0. The van der Waals surface area contributed by atoms with Gasteiger partial charge in [0, 0.05) is 47.4 Å². The van der Waals surface area contributed by atoms with Gasteiger partial charge in [0.1, 0.15) is 11.4 Å². The Morgan fingerprint density at radius 1 is 1.06 bits per heavy atom. The molecule has 0 bridgehead atoms. The lowest BCUT2D eigenvalue weighted by atomic mass is 9.91. The van der Waals surface area contributed by atoms with Gasteiger partial charge in [-0.3, -0.25) is 4.79 Å². The van der Waals surface area contributed by atoms with E-state index in [9.17, 15) is 22.8 Å². The van der Waals surface area contributed by atoms with Gasteiger partial charge in [-0.25, -0.2) is 14.6 Å². The molecule has 7 N–H and O–H groups in total. The van der Waals surface area contributed by atoms with Gasteiger partial charge in [0.05, 0.1) is 31.9 Å². The predicted octanol–water partition coefficient (Wildman–Crippen LogP) is 4.22. The first kappa shape index (κ1) is 38.0. The number of anilines is 2. The standard InChI is InChI=1S/C33H36N6O5.C2HF3O2/c1-4-44-32(41)26-18-39(24-10-8-23(34)9-11-24)27-15-19(6-12-25(27)29(26)40)5-7-21-13-20(16-28(42-2)30(21)43-3)14-22-17-37-33(36)38-31(22)35;3-2(4,5)1(6)7/h6,12-13,15-18,23-24H,4,8-11,14,34H2,1-3H3,(H4,35,36,37,38);(H,6,7). The Kier molecular flexibility index (Phi) is 12.1. The number of pyridine rings is 1. The number of halogens is 3. The summed E-state index contributed by atoms with van der Waals surface area (Å²) < 4.78 is 50.2. The Morgan fingerprint density at radius 3 is 2.33 bits per heavy atom. The van der Waals surface area contributed by atoms with Crippen molar-refractivity contribution in [3.63, 3.8) is 0 Å². The Bertz CT molecular complexity index is 2050. The number of carboxylic acid groups (broad SMARTS) is 1. The van der Waals surface area contributed by atoms with Crippen molar-refractivity contribution >= 4 is 34.6 Å². The van der Waals surface area contributed by atoms with Gasteiger partial charge in [0.25, 0.3) is 0 Å². The summed E-state index contributed by atoms with van der Waals surface area (Å²) in [5.74, 6) is 4.47. The highest BCUT2D eigenvalue weighted by Gasteiger charge is 2.38. The summed E-state index contributed by atoms with van der Waals surface area (Å²) in [6.07, 6.45) is 1.97. The van der Waals surface area contributed by atoms with Crippen LogP contribution in [0, 0.1) is 11.8 Å². The monoisotopic (exact) mass is 710 g/mol. The van der Waals surface area contributed by atoms with Crippen LogP contribution in [0.1, 0.15) is 71.3 Å². The van der Waals surface area contributed by atoms with Gasteiger partial charge in [0.15, 0.2) is 11.5 Å². The molecular weight excluding hydrogens is 673 g/mol. The molecule has 1 saturated carbocycles. The number of carbonyl (C=O) groups excluding carboxylic acids is 1. The predicted molar refractivity (Wildman–Crippen MR) is 183 cm³/mol. The fourth-order valence-corrected chi connectivity index (χ4v) is 5.61. The third-order valence-electron chi connectivity index (χ3n) is 8.10. The second-order valence-corrected chi connectivity index (χ2v) is 11.5. The minimum Gasteiger partial charge on any atom is -0.493 e. The Balaban J connectivity index is 0.000000755. The van der Waals surface area contributed by atoms with E-state index in [0.29, 0.717) is 51.3 Å². The van der Waals surface area contributed by atoms with Crippen LogP contribution in [0.5, 0.6) is 11.5 Å². The topological polar surface area (TPSA) is 208 Å². The number of nitrogens with zero attached hydrogens (tertiary/aromatic N) is 3. The lowest BCUT2D eigenvalue weighted by Crippen LogP contribution is -2.29. The number of carbonyl (C=O) groups is 2. The molecule has 0 amide bonds. The highest BCUT2D eigenvalue weighted by molar-refractivity contribution is 5.94. The number of fused-ring (bicyclic) bond motifs is 1. The van der Waals surface area contributed by atoms with Crippen LogP contribution >= 0.6 is 0 Å². The van der Waals surface area contributed by atoms with E-state index < -0.39 is 18.1 Å². The maximum Gasteiger partial charge on any atom is 0.490 e. The first-order valence-corrected chi connectivity index (χ1v) is 15.7. The summed E-state index contributed by atoms with van der Waals surface area (Å²) in [5.41, 5.74) is 21.1. The van der Waals surface area contributed by atoms with Crippen molar-refractivity contribution in [1.82, 2.24) is 14.5 Å². The van der Waals surface area contributed by atoms with Crippen LogP contribution in [0.2, 0.25) is 0 Å². The van der Waals surface area contributed by atoms with Crippen molar-refractivity contribution in [1.29, 1.82) is 0 Å². The molecular formula is C35H37F3N6O7. The van der Waals surface area contributed by atoms with Gasteiger partial charge in [-0.05, 0) is 68.5 Å². The fraction of sp³-hybridized carbons (Fsp3) is 0.343. The number of alkyl halides is 3. The molecule has 16 heteroatoms. The number of hydrogen-bond donors (Lipinski definition) is 4. The number of nitrogens with two attached hydrogens (primary N) is 3. The summed E-state index contributed by atoms with van der Waals surface area (Å²) in [6.45, 7) is 1.90. The van der Waals surface area contributed by atoms with E-state index in [4.69, 9.17) is 41.3 Å². The number of carboxylic acids is 1. The van der Waals surface area contributed by atoms with Crippen LogP contribution in [0.4, 0.5) is 24.9 Å². The maximum atomic E-state index is 13.4. The maximum absolute atomic E-state index is 13.4. The lowest BCUT2D eigenvalue weighted by molar-refractivity contribution is -0.192. The molecule has 4 aromatic rings. The SMILES string of the molecule is CCOC(=O)c1cn(C2CCC(N)CC2)c2cc(C#Cc3cc(Cc4cnc(N)nc4N)cc(OC)c3OC)ccc2c1=O.O=C(O)C(F)(F)F. The second-order valence-electron chi connectivity index (χ2n) is 11.5. The number of aliphatic carboxylic acids is 1. The zero-order valence-corrected chi connectivity index (χ0v) is 28.0. The minimum atomic E-state index is -5.08. The number of aromatic nitrogens is 3. The molecule has 1 aliphatic carbocycles. The van der Waals surface area contributed by atoms with Crippen molar-refractivity contribution in [3.8, 4) is 23.3 Å². The van der Waals surface area contributed by atoms with Crippen LogP contribution in [0.25, 0.3) is 10.9 Å². The molecule has 5 rings (SSSR count). The van der Waals surface area contributed by atoms with Gasteiger partial charge in [-0.2, -0.15) is 18.2 Å². The Morgan fingerprint density at radius 2 is 1.75 bits per heavy atom. The van der Waals surface area contributed by atoms with Crippen LogP contribution in [-0.4, -0.2) is 64.6 Å². The van der Waals surface area contributed by atoms with E-state index in [1.165, 1.54) is 0 Å². The summed E-state index contributed by atoms with van der Waals surface area (Å²) in [5, 5.41) is 7.56. The molecule has 0 unspecified atom stereocenters. The number of benzene rings is 2. The molecule has 0 atom stereocenters. The van der Waals surface area contributed by atoms with Crippen molar-refractivity contribution in [2.45, 2.75) is 57.3 Å². The third-order valence-corrected chi connectivity index (χ3v) is 8.10. The van der Waals surface area contributed by atoms with Gasteiger partial charge < -0.3 is 41.1 Å². The summed E-state index contributed by atoms with van der Waals surface area (Å²) in [7, 11) is 3.12. The molecule has 2 aromatic carbocycles. The second kappa shape index (κ2) is 16.3. The van der Waals surface area contributed by atoms with Crippen molar-refractivity contribution in [2.24, 2.45) is 5.73 Å². The zero-order chi connectivity index (χ0) is 37.5. The number of esters is 1. The number of rotatable bonds is 7. The molecule has 13 nitrogen and oxygen atoms in total. The van der Waals surface area contributed by atoms with E-state index in [1.54, 1.807) is 45.7 Å². The van der Waals surface area contributed by atoms with E-state index >= 15 is 0 Å². The van der Waals surface area contributed by atoms with Crippen LogP contribution in [0.3, 0.4) is 0 Å². The Labute approximate surface area is 290 Å². The largest absolute Gasteiger partial charge is 0.493 e. The van der Waals surface area contributed by atoms with E-state index in [0.717, 1.165) is 31.2 Å². The van der Waals surface area contributed by atoms with Crippen molar-refractivity contribution in [3.05, 3.63) is 80.8 Å². The average molecular weight is 711 g/mol. The Hall–Kier alpha value is -5.82. The van der Waals surface area contributed by atoms with Gasteiger partial charge in [0.2, 0.25) is 11.4 Å². The quantitative estimate of drug-likeness (QED) is 0.157. The fourth-order valence-electron chi connectivity index (χ4n) is 5.61.